The Hall–Kier alpha value is -3.07. The first-order valence-corrected chi connectivity index (χ1v) is 10.0. The van der Waals surface area contributed by atoms with Gasteiger partial charge in [0.05, 0.1) is 12.1 Å². The molecule has 150 valence electrons. The lowest BCUT2D eigenvalue weighted by atomic mass is 9.80. The number of carbonyl (C=O) groups is 4. The van der Waals surface area contributed by atoms with Gasteiger partial charge in [-0.05, 0) is 48.9 Å². The Labute approximate surface area is 169 Å². The molecule has 2 aromatic rings. The lowest BCUT2D eigenvalue weighted by Gasteiger charge is -2.31. The molecule has 1 atom stereocenters. The van der Waals surface area contributed by atoms with Crippen molar-refractivity contribution in [2.75, 3.05) is 11.9 Å². The number of hydrogen-bond acceptors (Lipinski definition) is 5. The van der Waals surface area contributed by atoms with Crippen LogP contribution in [0.15, 0.2) is 29.6 Å². The lowest BCUT2D eigenvalue weighted by Crippen LogP contribution is -2.46. The van der Waals surface area contributed by atoms with Crippen LogP contribution < -0.4 is 10.6 Å². The average Bonchev–Trinajstić information content (AvgIpc) is 3.22. The molecule has 4 rings (SSSR count). The molecule has 1 aromatic carbocycles. The van der Waals surface area contributed by atoms with Crippen molar-refractivity contribution in [1.29, 1.82) is 0 Å². The van der Waals surface area contributed by atoms with Crippen LogP contribution in [0.3, 0.4) is 0 Å². The fourth-order valence-corrected chi connectivity index (χ4v) is 4.94. The van der Waals surface area contributed by atoms with E-state index in [1.54, 1.807) is 11.3 Å². The van der Waals surface area contributed by atoms with Crippen molar-refractivity contribution in [2.45, 2.75) is 31.7 Å². The Balaban J connectivity index is 1.56. The molecule has 7 nitrogen and oxygen atoms in total. The van der Waals surface area contributed by atoms with Crippen molar-refractivity contribution < 1.29 is 23.6 Å². The van der Waals surface area contributed by atoms with Gasteiger partial charge in [-0.2, -0.15) is 0 Å². The number of carbonyl (C=O) groups excluding carboxylic acids is 4. The maximum atomic E-state index is 14.3. The standard InChI is InChI=1S/C20H18FN3O4S/c1-11(25)22-12-4-5-13(15(21)9-12)16(26)10-24-18(27)20(23-19(24)28)7-2-3-17-14(20)6-8-29-17/h4-6,8-9H,2-3,7,10H2,1H3,(H,22,25)(H,23,28)/t20-/m0/s1. The molecular formula is C20H18FN3O4S. The molecule has 1 saturated heterocycles. The third-order valence-electron chi connectivity index (χ3n) is 5.23. The van der Waals surface area contributed by atoms with E-state index in [9.17, 15) is 23.6 Å². The summed E-state index contributed by atoms with van der Waals surface area (Å²) in [6.45, 7) is 0.733. The number of halogens is 1. The highest BCUT2D eigenvalue weighted by Gasteiger charge is 2.54. The van der Waals surface area contributed by atoms with E-state index in [0.29, 0.717) is 6.42 Å². The van der Waals surface area contributed by atoms with Crippen LogP contribution in [-0.2, 0) is 21.5 Å². The van der Waals surface area contributed by atoms with Crippen LogP contribution in [0.1, 0.15) is 40.6 Å². The van der Waals surface area contributed by atoms with Gasteiger partial charge in [-0.1, -0.05) is 0 Å². The van der Waals surface area contributed by atoms with E-state index >= 15 is 0 Å². The molecule has 1 aromatic heterocycles. The molecule has 0 bridgehead atoms. The highest BCUT2D eigenvalue weighted by Crippen LogP contribution is 2.42. The summed E-state index contributed by atoms with van der Waals surface area (Å²) in [6, 6.07) is 4.83. The fraction of sp³-hybridized carbons (Fsp3) is 0.300. The molecule has 9 heteroatoms. The Morgan fingerprint density at radius 2 is 2.10 bits per heavy atom. The number of aryl methyl sites for hydroxylation is 1. The van der Waals surface area contributed by atoms with E-state index in [2.05, 4.69) is 10.6 Å². The van der Waals surface area contributed by atoms with Crippen molar-refractivity contribution in [3.05, 3.63) is 51.5 Å². The lowest BCUT2D eigenvalue weighted by molar-refractivity contribution is -0.131. The van der Waals surface area contributed by atoms with Crippen LogP contribution >= 0.6 is 11.3 Å². The van der Waals surface area contributed by atoms with Crippen LogP contribution in [0, 0.1) is 5.82 Å². The normalized spacial score (nSPS) is 20.6. The Morgan fingerprint density at radius 3 is 2.83 bits per heavy atom. The van der Waals surface area contributed by atoms with Gasteiger partial charge in [0.1, 0.15) is 11.4 Å². The second kappa shape index (κ2) is 7.07. The zero-order valence-electron chi connectivity index (χ0n) is 15.6. The average molecular weight is 415 g/mol. The Kier molecular flexibility index (Phi) is 4.70. The molecule has 4 amide bonds. The predicted octanol–water partition coefficient (Wildman–Crippen LogP) is 2.81. The van der Waals surface area contributed by atoms with Crippen LogP contribution in [0.5, 0.6) is 0 Å². The largest absolute Gasteiger partial charge is 0.326 e. The maximum Gasteiger partial charge on any atom is 0.325 e. The quantitative estimate of drug-likeness (QED) is 0.593. The molecule has 0 unspecified atom stereocenters. The van der Waals surface area contributed by atoms with Crippen molar-refractivity contribution >= 4 is 40.7 Å². The molecule has 1 aliphatic carbocycles. The summed E-state index contributed by atoms with van der Waals surface area (Å²) in [5.74, 6) is -2.38. The summed E-state index contributed by atoms with van der Waals surface area (Å²) >= 11 is 1.54. The minimum atomic E-state index is -1.14. The highest BCUT2D eigenvalue weighted by molar-refractivity contribution is 7.10. The van der Waals surface area contributed by atoms with Gasteiger partial charge >= 0.3 is 6.03 Å². The molecule has 2 N–H and O–H groups in total. The number of imide groups is 1. The second-order valence-corrected chi connectivity index (χ2v) is 8.14. The number of hydrogen-bond donors (Lipinski definition) is 2. The molecule has 29 heavy (non-hydrogen) atoms. The second-order valence-electron chi connectivity index (χ2n) is 7.14. The number of Topliss-reactive ketones (excluding diaryl/α,β-unsaturated/α-hetero) is 1. The zero-order chi connectivity index (χ0) is 20.8. The molecule has 2 aliphatic rings. The Bertz CT molecular complexity index is 1050. The van der Waals surface area contributed by atoms with Gasteiger partial charge in [-0.3, -0.25) is 19.3 Å². The number of urea groups is 1. The third-order valence-corrected chi connectivity index (χ3v) is 6.21. The first kappa shape index (κ1) is 19.3. The van der Waals surface area contributed by atoms with E-state index in [4.69, 9.17) is 0 Å². The van der Waals surface area contributed by atoms with Gasteiger partial charge in [0.2, 0.25) is 5.91 Å². The summed E-state index contributed by atoms with van der Waals surface area (Å²) in [7, 11) is 0. The van der Waals surface area contributed by atoms with Gasteiger partial charge in [-0.25, -0.2) is 9.18 Å². The van der Waals surface area contributed by atoms with E-state index in [0.717, 1.165) is 34.2 Å². The number of rotatable bonds is 4. The monoisotopic (exact) mass is 415 g/mol. The molecule has 1 spiro atoms. The summed E-state index contributed by atoms with van der Waals surface area (Å²) in [5, 5.41) is 7.08. The summed E-state index contributed by atoms with van der Waals surface area (Å²) in [6.07, 6.45) is 2.06. The predicted molar refractivity (Wildman–Crippen MR) is 104 cm³/mol. The summed E-state index contributed by atoms with van der Waals surface area (Å²) in [4.78, 5) is 51.3. The smallest absolute Gasteiger partial charge is 0.325 e. The molecular weight excluding hydrogens is 397 g/mol. The number of benzene rings is 1. The minimum Gasteiger partial charge on any atom is -0.326 e. The Morgan fingerprint density at radius 1 is 1.31 bits per heavy atom. The van der Waals surface area contributed by atoms with E-state index in [-0.39, 0.29) is 17.2 Å². The SMILES string of the molecule is CC(=O)Nc1ccc(C(=O)CN2C(=O)N[C@]3(CCCc4sccc43)C2=O)c(F)c1. The molecule has 0 saturated carbocycles. The van der Waals surface area contributed by atoms with Gasteiger partial charge in [0.25, 0.3) is 5.91 Å². The number of thiophene rings is 1. The van der Waals surface area contributed by atoms with Crippen LogP contribution in [0.2, 0.25) is 0 Å². The molecule has 0 radical (unpaired) electrons. The van der Waals surface area contributed by atoms with Crippen LogP contribution in [0.25, 0.3) is 0 Å². The molecule has 2 heterocycles. The number of nitrogens with zero attached hydrogens (tertiary/aromatic N) is 1. The minimum absolute atomic E-state index is 0.215. The molecule has 1 fully saturated rings. The zero-order valence-corrected chi connectivity index (χ0v) is 16.4. The summed E-state index contributed by atoms with van der Waals surface area (Å²) < 4.78 is 14.3. The van der Waals surface area contributed by atoms with Gasteiger partial charge in [-0.15, -0.1) is 11.3 Å². The summed E-state index contributed by atoms with van der Waals surface area (Å²) in [5.41, 5.74) is -0.389. The fourth-order valence-electron chi connectivity index (χ4n) is 3.94. The topological polar surface area (TPSA) is 95.6 Å². The van der Waals surface area contributed by atoms with Gasteiger partial charge in [0, 0.05) is 23.1 Å². The van der Waals surface area contributed by atoms with Crippen molar-refractivity contribution in [3.63, 3.8) is 0 Å². The van der Waals surface area contributed by atoms with Crippen molar-refractivity contribution in [3.8, 4) is 0 Å². The first-order chi connectivity index (χ1) is 13.8. The van der Waals surface area contributed by atoms with Crippen LogP contribution in [0.4, 0.5) is 14.9 Å². The number of amides is 4. The highest BCUT2D eigenvalue weighted by atomic mass is 32.1. The number of anilines is 1. The maximum absolute atomic E-state index is 14.3. The van der Waals surface area contributed by atoms with Crippen LogP contribution in [-0.4, -0.2) is 35.1 Å². The number of ketones is 1. The van der Waals surface area contributed by atoms with Crippen molar-refractivity contribution in [1.82, 2.24) is 10.2 Å². The molecule has 1 aliphatic heterocycles. The van der Waals surface area contributed by atoms with E-state index < -0.39 is 35.6 Å². The van der Waals surface area contributed by atoms with Gasteiger partial charge in [0.15, 0.2) is 5.78 Å². The van der Waals surface area contributed by atoms with E-state index in [1.807, 2.05) is 11.4 Å². The number of nitrogens with one attached hydrogen (secondary N) is 2. The van der Waals surface area contributed by atoms with Crippen molar-refractivity contribution in [2.24, 2.45) is 0 Å². The first-order valence-electron chi connectivity index (χ1n) is 9.13. The van der Waals surface area contributed by atoms with Gasteiger partial charge < -0.3 is 10.6 Å². The third kappa shape index (κ3) is 3.21. The van der Waals surface area contributed by atoms with E-state index in [1.165, 1.54) is 19.1 Å². The number of fused-ring (bicyclic) bond motifs is 2.